The summed E-state index contributed by atoms with van der Waals surface area (Å²) in [6.45, 7) is 2.93. The number of morpholine rings is 1. The Kier molecular flexibility index (Phi) is 6.49. The summed E-state index contributed by atoms with van der Waals surface area (Å²) in [5.41, 5.74) is 1.86. The molecule has 1 heterocycles. The lowest BCUT2D eigenvalue weighted by Crippen LogP contribution is -2.36. The maximum Gasteiger partial charge on any atom is 0.255 e. The van der Waals surface area contributed by atoms with Crippen molar-refractivity contribution in [3.05, 3.63) is 58.9 Å². The number of ether oxygens (including phenoxy) is 1. The summed E-state index contributed by atoms with van der Waals surface area (Å²) < 4.78 is 18.5. The summed E-state index contributed by atoms with van der Waals surface area (Å²) >= 11 is 5.91. The molecule has 0 aliphatic carbocycles. The second-order valence-electron chi connectivity index (χ2n) is 6.48. The third kappa shape index (κ3) is 4.99. The second-order valence-corrected chi connectivity index (χ2v) is 6.89. The molecule has 0 aromatic heterocycles. The molecule has 0 spiro atoms. The normalized spacial score (nSPS) is 13.9. The Hall–Kier alpha value is -2.64. The number of anilines is 2. The van der Waals surface area contributed by atoms with Crippen molar-refractivity contribution in [1.29, 1.82) is 0 Å². The Labute approximate surface area is 167 Å². The van der Waals surface area contributed by atoms with Crippen LogP contribution in [-0.4, -0.2) is 56.6 Å². The van der Waals surface area contributed by atoms with E-state index in [4.69, 9.17) is 16.3 Å². The maximum atomic E-state index is 13.1. The molecule has 1 saturated heterocycles. The fourth-order valence-electron chi connectivity index (χ4n) is 2.93. The van der Waals surface area contributed by atoms with Crippen LogP contribution in [0.4, 0.5) is 15.8 Å². The van der Waals surface area contributed by atoms with E-state index in [1.165, 1.54) is 18.0 Å². The minimum absolute atomic E-state index is 0.0101. The predicted molar refractivity (Wildman–Crippen MR) is 106 cm³/mol. The van der Waals surface area contributed by atoms with Crippen molar-refractivity contribution < 1.29 is 18.7 Å². The van der Waals surface area contributed by atoms with E-state index in [9.17, 15) is 14.0 Å². The number of amides is 2. The summed E-state index contributed by atoms with van der Waals surface area (Å²) in [6, 6.07) is 11.0. The van der Waals surface area contributed by atoms with E-state index >= 15 is 0 Å². The van der Waals surface area contributed by atoms with Gasteiger partial charge in [0.2, 0.25) is 5.91 Å². The molecule has 0 unspecified atom stereocenters. The van der Waals surface area contributed by atoms with Crippen LogP contribution in [0, 0.1) is 5.82 Å². The van der Waals surface area contributed by atoms with Gasteiger partial charge in [-0.3, -0.25) is 9.59 Å². The van der Waals surface area contributed by atoms with Gasteiger partial charge in [-0.2, -0.15) is 0 Å². The Morgan fingerprint density at radius 3 is 2.50 bits per heavy atom. The highest BCUT2D eigenvalue weighted by atomic mass is 35.5. The highest BCUT2D eigenvalue weighted by molar-refractivity contribution is 6.33. The van der Waals surface area contributed by atoms with E-state index in [0.717, 1.165) is 30.9 Å². The lowest BCUT2D eigenvalue weighted by molar-refractivity contribution is -0.116. The van der Waals surface area contributed by atoms with Crippen LogP contribution in [0.5, 0.6) is 0 Å². The van der Waals surface area contributed by atoms with Gasteiger partial charge in [0.15, 0.2) is 0 Å². The van der Waals surface area contributed by atoms with Gasteiger partial charge in [0.25, 0.3) is 5.91 Å². The highest BCUT2D eigenvalue weighted by Crippen LogP contribution is 2.20. The topological polar surface area (TPSA) is 61.9 Å². The zero-order valence-electron chi connectivity index (χ0n) is 15.5. The monoisotopic (exact) mass is 405 g/mol. The average Bonchev–Trinajstić information content (AvgIpc) is 2.68. The van der Waals surface area contributed by atoms with Crippen LogP contribution in [0.15, 0.2) is 42.5 Å². The van der Waals surface area contributed by atoms with Crippen molar-refractivity contribution >= 4 is 34.8 Å². The zero-order chi connectivity index (χ0) is 20.1. The molecule has 2 aromatic rings. The van der Waals surface area contributed by atoms with Crippen molar-refractivity contribution in [2.45, 2.75) is 0 Å². The third-order valence-corrected chi connectivity index (χ3v) is 4.73. The van der Waals surface area contributed by atoms with E-state index in [1.54, 1.807) is 0 Å². The van der Waals surface area contributed by atoms with Gasteiger partial charge < -0.3 is 19.9 Å². The van der Waals surface area contributed by atoms with Crippen molar-refractivity contribution in [2.24, 2.45) is 0 Å². The van der Waals surface area contributed by atoms with Crippen LogP contribution < -0.4 is 10.2 Å². The van der Waals surface area contributed by atoms with Gasteiger partial charge in [-0.05, 0) is 42.5 Å². The molecular formula is C20H21ClFN3O3. The van der Waals surface area contributed by atoms with Crippen molar-refractivity contribution in [2.75, 3.05) is 50.1 Å². The zero-order valence-corrected chi connectivity index (χ0v) is 16.2. The van der Waals surface area contributed by atoms with Crippen LogP contribution in [0.1, 0.15) is 10.4 Å². The number of hydrogen-bond acceptors (Lipinski definition) is 4. The van der Waals surface area contributed by atoms with Gasteiger partial charge in [0, 0.05) is 31.5 Å². The summed E-state index contributed by atoms with van der Waals surface area (Å²) in [5, 5.41) is 2.77. The Morgan fingerprint density at radius 1 is 1.18 bits per heavy atom. The standard InChI is InChI=1S/C20H21ClFN3O3/c1-24(20(27)17-7-2-14(22)12-18(17)21)13-19(26)23-15-3-5-16(6-4-15)25-8-10-28-11-9-25/h2-7,12H,8-11,13H2,1H3,(H,23,26). The molecule has 8 heteroatoms. The van der Waals surface area contributed by atoms with Crippen molar-refractivity contribution in [3.8, 4) is 0 Å². The lowest BCUT2D eigenvalue weighted by Gasteiger charge is -2.28. The van der Waals surface area contributed by atoms with Crippen LogP contribution in [0.2, 0.25) is 5.02 Å². The number of benzene rings is 2. The Bertz CT molecular complexity index is 854. The SMILES string of the molecule is CN(CC(=O)Nc1ccc(N2CCOCC2)cc1)C(=O)c1ccc(F)cc1Cl. The lowest BCUT2D eigenvalue weighted by atomic mass is 10.2. The average molecular weight is 406 g/mol. The molecule has 1 fully saturated rings. The molecule has 2 amide bonds. The van der Waals surface area contributed by atoms with Crippen molar-refractivity contribution in [3.63, 3.8) is 0 Å². The van der Waals surface area contributed by atoms with Gasteiger partial charge in [-0.25, -0.2) is 4.39 Å². The van der Waals surface area contributed by atoms with E-state index in [1.807, 2.05) is 24.3 Å². The first-order valence-corrected chi connectivity index (χ1v) is 9.25. The molecule has 1 N–H and O–H groups in total. The van der Waals surface area contributed by atoms with Crippen LogP contribution in [-0.2, 0) is 9.53 Å². The minimum Gasteiger partial charge on any atom is -0.378 e. The molecular weight excluding hydrogens is 385 g/mol. The molecule has 148 valence electrons. The smallest absolute Gasteiger partial charge is 0.255 e. The number of carbonyl (C=O) groups is 2. The molecule has 28 heavy (non-hydrogen) atoms. The van der Waals surface area contributed by atoms with Gasteiger partial charge in [0.1, 0.15) is 5.82 Å². The molecule has 6 nitrogen and oxygen atoms in total. The summed E-state index contributed by atoms with van der Waals surface area (Å²) in [4.78, 5) is 28.1. The number of carbonyl (C=O) groups excluding carboxylic acids is 2. The number of nitrogens with one attached hydrogen (secondary N) is 1. The fraction of sp³-hybridized carbons (Fsp3) is 0.300. The molecule has 3 rings (SSSR count). The molecule has 1 aliphatic heterocycles. The second kappa shape index (κ2) is 9.03. The summed E-state index contributed by atoms with van der Waals surface area (Å²) in [5.74, 6) is -1.32. The van der Waals surface area contributed by atoms with Gasteiger partial charge >= 0.3 is 0 Å². The number of likely N-dealkylation sites (N-methyl/N-ethyl adjacent to an activating group) is 1. The van der Waals surface area contributed by atoms with Crippen LogP contribution in [0.3, 0.4) is 0 Å². The summed E-state index contributed by atoms with van der Waals surface area (Å²) in [7, 11) is 1.49. The van der Waals surface area contributed by atoms with E-state index < -0.39 is 11.7 Å². The molecule has 0 saturated carbocycles. The largest absolute Gasteiger partial charge is 0.378 e. The molecule has 2 aromatic carbocycles. The number of nitrogens with zero attached hydrogens (tertiary/aromatic N) is 2. The Morgan fingerprint density at radius 2 is 1.86 bits per heavy atom. The minimum atomic E-state index is -0.525. The summed E-state index contributed by atoms with van der Waals surface area (Å²) in [6.07, 6.45) is 0. The fourth-order valence-corrected chi connectivity index (χ4v) is 3.18. The van der Waals surface area contributed by atoms with E-state index in [2.05, 4.69) is 10.2 Å². The number of rotatable bonds is 5. The first-order chi connectivity index (χ1) is 13.4. The third-order valence-electron chi connectivity index (χ3n) is 4.42. The number of hydrogen-bond donors (Lipinski definition) is 1. The molecule has 0 bridgehead atoms. The van der Waals surface area contributed by atoms with Gasteiger partial charge in [-0.15, -0.1) is 0 Å². The first kappa shape index (κ1) is 20.1. The molecule has 0 radical (unpaired) electrons. The Balaban J connectivity index is 1.56. The van der Waals surface area contributed by atoms with Gasteiger partial charge in [0.05, 0.1) is 30.3 Å². The quantitative estimate of drug-likeness (QED) is 0.830. The number of halogens is 2. The highest BCUT2D eigenvalue weighted by Gasteiger charge is 2.18. The van der Waals surface area contributed by atoms with E-state index in [0.29, 0.717) is 18.9 Å². The van der Waals surface area contributed by atoms with Crippen LogP contribution >= 0.6 is 11.6 Å². The van der Waals surface area contributed by atoms with Crippen LogP contribution in [0.25, 0.3) is 0 Å². The predicted octanol–water partition coefficient (Wildman–Crippen LogP) is 3.03. The molecule has 1 aliphatic rings. The first-order valence-electron chi connectivity index (χ1n) is 8.87. The maximum absolute atomic E-state index is 13.1. The van der Waals surface area contributed by atoms with Crippen molar-refractivity contribution in [1.82, 2.24) is 4.90 Å². The molecule has 0 atom stereocenters. The van der Waals surface area contributed by atoms with Gasteiger partial charge in [-0.1, -0.05) is 11.6 Å². The van der Waals surface area contributed by atoms with E-state index in [-0.39, 0.29) is 23.0 Å².